The summed E-state index contributed by atoms with van der Waals surface area (Å²) in [5, 5.41) is 18.7. The molecule has 6 N–H and O–H groups in total. The number of nitrogens with zero attached hydrogens (tertiary/aromatic N) is 2. The van der Waals surface area contributed by atoms with Crippen molar-refractivity contribution >= 4 is 11.8 Å². The van der Waals surface area contributed by atoms with E-state index in [2.05, 4.69) is 21.8 Å². The molecule has 0 spiro atoms. The molecule has 0 saturated heterocycles. The molecule has 0 unspecified atom stereocenters. The highest BCUT2D eigenvalue weighted by molar-refractivity contribution is 5.76. The third-order valence-corrected chi connectivity index (χ3v) is 5.29. The maximum Gasteiger partial charge on any atom is 0.231 e. The average molecular weight is 432 g/mol. The second-order valence-corrected chi connectivity index (χ2v) is 7.43. The Hall–Kier alpha value is -3.80. The van der Waals surface area contributed by atoms with E-state index in [4.69, 9.17) is 20.9 Å². The van der Waals surface area contributed by atoms with E-state index in [0.29, 0.717) is 34.7 Å². The molecule has 0 radical (unpaired) electrons. The lowest BCUT2D eigenvalue weighted by Crippen LogP contribution is -2.06. The summed E-state index contributed by atoms with van der Waals surface area (Å²) in [6.07, 6.45) is -0.879. The fourth-order valence-corrected chi connectivity index (χ4v) is 3.53. The van der Waals surface area contributed by atoms with Crippen molar-refractivity contribution in [1.29, 1.82) is 0 Å². The number of hydrogen-bond donors (Lipinski definition) is 4. The number of benzene rings is 2. The van der Waals surface area contributed by atoms with Crippen molar-refractivity contribution in [3.63, 3.8) is 0 Å². The lowest BCUT2D eigenvalue weighted by Gasteiger charge is -2.13. The summed E-state index contributed by atoms with van der Waals surface area (Å²) in [6.45, 7) is 4.08. The Morgan fingerprint density at radius 3 is 2.50 bits per heavy atom. The van der Waals surface area contributed by atoms with Crippen LogP contribution >= 0.6 is 0 Å². The quantitative estimate of drug-likeness (QED) is 0.365. The maximum atomic E-state index is 9.35. The second-order valence-electron chi connectivity index (χ2n) is 7.43. The molecule has 2 aromatic carbocycles. The van der Waals surface area contributed by atoms with Gasteiger partial charge in [0.2, 0.25) is 12.7 Å². The van der Waals surface area contributed by atoms with Crippen LogP contribution in [-0.4, -0.2) is 27.0 Å². The molecule has 3 aromatic rings. The highest BCUT2D eigenvalue weighted by Crippen LogP contribution is 2.43. The average Bonchev–Trinajstić information content (AvgIpc) is 3.26. The molecule has 2 heterocycles. The number of rotatable bonds is 4. The number of aliphatic hydroxyl groups excluding tert-OH is 1. The first-order valence-electron chi connectivity index (χ1n) is 10.2. The first kappa shape index (κ1) is 21.4. The Morgan fingerprint density at radius 1 is 1.06 bits per heavy atom. The van der Waals surface area contributed by atoms with Gasteiger partial charge in [-0.15, -0.1) is 0 Å². The normalized spacial score (nSPS) is 13.0. The zero-order valence-electron chi connectivity index (χ0n) is 17.8. The Bertz CT molecular complexity index is 1210. The molecule has 8 nitrogen and oxygen atoms in total. The number of fused-ring (bicyclic) bond motifs is 1. The summed E-state index contributed by atoms with van der Waals surface area (Å²) in [6, 6.07) is 10.9. The largest absolute Gasteiger partial charge is 0.454 e. The van der Waals surface area contributed by atoms with E-state index >= 15 is 0 Å². The summed E-state index contributed by atoms with van der Waals surface area (Å²) < 4.78 is 11.3. The van der Waals surface area contributed by atoms with Gasteiger partial charge in [-0.05, 0) is 36.6 Å². The van der Waals surface area contributed by atoms with Crippen LogP contribution in [0.1, 0.15) is 48.4 Å². The minimum atomic E-state index is -1.52. The lowest BCUT2D eigenvalue weighted by molar-refractivity contribution is -0.0424. The van der Waals surface area contributed by atoms with Gasteiger partial charge in [-0.3, -0.25) is 0 Å². The molecule has 0 amide bonds. The Balaban J connectivity index is 1.72. The topological polar surface area (TPSA) is 137 Å². The van der Waals surface area contributed by atoms with Gasteiger partial charge in [0.15, 0.2) is 17.8 Å². The molecule has 164 valence electrons. The van der Waals surface area contributed by atoms with Crippen LogP contribution in [0.5, 0.6) is 11.5 Å². The van der Waals surface area contributed by atoms with Crippen molar-refractivity contribution in [1.82, 2.24) is 9.97 Å². The van der Waals surface area contributed by atoms with Crippen LogP contribution in [0.4, 0.5) is 11.8 Å². The summed E-state index contributed by atoms with van der Waals surface area (Å²) >= 11 is 0. The first-order chi connectivity index (χ1) is 15.4. The van der Waals surface area contributed by atoms with Gasteiger partial charge in [0.05, 0.1) is 11.3 Å². The monoisotopic (exact) mass is 432 g/mol. The number of ether oxygens (including phenoxy) is 2. The molecule has 0 bridgehead atoms. The summed E-state index contributed by atoms with van der Waals surface area (Å²) in [4.78, 5) is 8.26. The molecule has 0 saturated carbocycles. The van der Waals surface area contributed by atoms with Gasteiger partial charge in [0, 0.05) is 17.0 Å². The highest BCUT2D eigenvalue weighted by atomic mass is 16.7. The fourth-order valence-electron chi connectivity index (χ4n) is 3.53. The molecule has 4 rings (SSSR count). The zero-order valence-corrected chi connectivity index (χ0v) is 17.8. The number of nitrogens with two attached hydrogens (primary N) is 2. The number of aliphatic hydroxyl groups is 2. The predicted molar refractivity (Wildman–Crippen MR) is 121 cm³/mol. The van der Waals surface area contributed by atoms with E-state index < -0.39 is 6.29 Å². The van der Waals surface area contributed by atoms with E-state index in [1.807, 2.05) is 38.1 Å². The van der Waals surface area contributed by atoms with Gasteiger partial charge in [-0.2, -0.15) is 4.98 Å². The SMILES string of the molecule is CCc1nc(N)nc(N)c1C#C[C@@H](C)c1cc2c(c(-c3ccc(C(O)O)cc3)c1)OCO2. The van der Waals surface area contributed by atoms with E-state index in [1.165, 1.54) is 0 Å². The van der Waals surface area contributed by atoms with E-state index in [1.54, 1.807) is 12.1 Å². The maximum absolute atomic E-state index is 9.35. The molecule has 1 aliphatic rings. The van der Waals surface area contributed by atoms with Gasteiger partial charge in [0.25, 0.3) is 0 Å². The van der Waals surface area contributed by atoms with E-state index in [-0.39, 0.29) is 24.5 Å². The second kappa shape index (κ2) is 8.75. The van der Waals surface area contributed by atoms with Gasteiger partial charge >= 0.3 is 0 Å². The van der Waals surface area contributed by atoms with Crippen LogP contribution in [0.15, 0.2) is 36.4 Å². The summed E-state index contributed by atoms with van der Waals surface area (Å²) in [5.41, 5.74) is 16.1. The highest BCUT2D eigenvalue weighted by Gasteiger charge is 2.22. The minimum absolute atomic E-state index is 0.137. The van der Waals surface area contributed by atoms with Crippen molar-refractivity contribution in [2.75, 3.05) is 18.3 Å². The Morgan fingerprint density at radius 2 is 1.81 bits per heavy atom. The first-order valence-corrected chi connectivity index (χ1v) is 10.2. The molecule has 1 atom stereocenters. The third-order valence-electron chi connectivity index (χ3n) is 5.29. The molecule has 0 aliphatic carbocycles. The van der Waals surface area contributed by atoms with Crippen molar-refractivity contribution < 1.29 is 19.7 Å². The Labute approximate surface area is 185 Å². The van der Waals surface area contributed by atoms with Crippen LogP contribution in [0.2, 0.25) is 0 Å². The van der Waals surface area contributed by atoms with E-state index in [0.717, 1.165) is 16.7 Å². The van der Waals surface area contributed by atoms with Crippen molar-refractivity contribution in [2.45, 2.75) is 32.5 Å². The molecule has 1 aliphatic heterocycles. The number of aromatic nitrogens is 2. The third kappa shape index (κ3) is 4.17. The lowest BCUT2D eigenvalue weighted by atomic mass is 9.94. The fraction of sp³-hybridized carbons (Fsp3) is 0.250. The van der Waals surface area contributed by atoms with Crippen molar-refractivity contribution in [3.8, 4) is 34.5 Å². The van der Waals surface area contributed by atoms with Crippen LogP contribution < -0.4 is 20.9 Å². The standard InChI is InChI=1S/C24H24N4O4/c1-3-19-17(22(25)28-24(26)27-19)9-4-13(2)16-10-18(21-20(11-16)31-12-32-21)14-5-7-15(8-6-14)23(29)30/h5-8,10-11,13,23,29-30H,3,12H2,1-2H3,(H4,25,26,27,28)/t13-/m1/s1. The molecular weight excluding hydrogens is 408 g/mol. The zero-order chi connectivity index (χ0) is 22.8. The van der Waals surface area contributed by atoms with E-state index in [9.17, 15) is 10.2 Å². The van der Waals surface area contributed by atoms with Crippen LogP contribution in [-0.2, 0) is 6.42 Å². The molecule has 1 aromatic heterocycles. The van der Waals surface area contributed by atoms with Crippen LogP contribution in [0.25, 0.3) is 11.1 Å². The number of hydrogen-bond acceptors (Lipinski definition) is 8. The summed E-state index contributed by atoms with van der Waals surface area (Å²) in [7, 11) is 0. The van der Waals surface area contributed by atoms with Gasteiger partial charge < -0.3 is 31.2 Å². The predicted octanol–water partition coefficient (Wildman–Crippen LogP) is 2.74. The summed E-state index contributed by atoms with van der Waals surface area (Å²) in [5.74, 6) is 7.90. The van der Waals surface area contributed by atoms with Crippen molar-refractivity contribution in [3.05, 3.63) is 58.8 Å². The van der Waals surface area contributed by atoms with Crippen LogP contribution in [0.3, 0.4) is 0 Å². The smallest absolute Gasteiger partial charge is 0.231 e. The number of nitrogen functional groups attached to an aromatic ring is 2. The Kier molecular flexibility index (Phi) is 5.86. The molecule has 0 fully saturated rings. The van der Waals surface area contributed by atoms with Gasteiger partial charge in [-0.25, -0.2) is 4.98 Å². The number of anilines is 2. The number of aryl methyl sites for hydroxylation is 1. The minimum Gasteiger partial charge on any atom is -0.454 e. The van der Waals surface area contributed by atoms with Gasteiger partial charge in [-0.1, -0.05) is 43.0 Å². The molecular formula is C24H24N4O4. The van der Waals surface area contributed by atoms with Crippen LogP contribution in [0, 0.1) is 11.8 Å². The molecule has 32 heavy (non-hydrogen) atoms. The van der Waals surface area contributed by atoms with Gasteiger partial charge in [0.1, 0.15) is 5.82 Å². The van der Waals surface area contributed by atoms with Crippen molar-refractivity contribution in [2.24, 2.45) is 0 Å². The molecule has 8 heteroatoms.